The Morgan fingerprint density at radius 2 is 2.06 bits per heavy atom. The molecule has 1 rings (SSSR count). The molecule has 1 heterocycles. The van der Waals surface area contributed by atoms with Gasteiger partial charge in [0.15, 0.2) is 0 Å². The topological polar surface area (TPSA) is 32.3 Å². The highest BCUT2D eigenvalue weighted by Crippen LogP contribution is 2.22. The van der Waals surface area contributed by atoms with Crippen molar-refractivity contribution in [2.45, 2.75) is 46.6 Å². The second-order valence-electron chi connectivity index (χ2n) is 6.00. The first-order valence-corrected chi connectivity index (χ1v) is 6.90. The van der Waals surface area contributed by atoms with Crippen LogP contribution in [0.15, 0.2) is 0 Å². The molecule has 1 saturated heterocycles. The van der Waals surface area contributed by atoms with Crippen molar-refractivity contribution in [1.29, 1.82) is 0 Å². The third kappa shape index (κ3) is 3.98. The van der Waals surface area contributed by atoms with Gasteiger partial charge in [0.05, 0.1) is 0 Å². The first kappa shape index (κ1) is 14.5. The Morgan fingerprint density at radius 1 is 1.41 bits per heavy atom. The van der Waals surface area contributed by atoms with Gasteiger partial charge < -0.3 is 10.2 Å². The molecule has 1 aliphatic rings. The third-order valence-corrected chi connectivity index (χ3v) is 3.92. The van der Waals surface area contributed by atoms with Crippen LogP contribution in [0.1, 0.15) is 40.5 Å². The Morgan fingerprint density at radius 3 is 2.59 bits per heavy atom. The van der Waals surface area contributed by atoms with E-state index in [9.17, 15) is 4.79 Å². The molecule has 0 aliphatic carbocycles. The molecular formula is C14H28N2O. The van der Waals surface area contributed by atoms with E-state index in [2.05, 4.69) is 33.0 Å². The monoisotopic (exact) mass is 240 g/mol. The summed E-state index contributed by atoms with van der Waals surface area (Å²) in [7, 11) is 1.96. The van der Waals surface area contributed by atoms with Gasteiger partial charge in [-0.1, -0.05) is 20.8 Å². The zero-order chi connectivity index (χ0) is 13.0. The van der Waals surface area contributed by atoms with Gasteiger partial charge in [-0.05, 0) is 44.7 Å². The van der Waals surface area contributed by atoms with Crippen LogP contribution < -0.4 is 5.32 Å². The van der Waals surface area contributed by atoms with E-state index in [0.29, 0.717) is 23.8 Å². The number of amides is 1. The summed E-state index contributed by atoms with van der Waals surface area (Å²) in [5, 5.41) is 3.35. The molecule has 1 amide bonds. The Bertz CT molecular complexity index is 253. The van der Waals surface area contributed by atoms with Gasteiger partial charge in [-0.25, -0.2) is 0 Å². The molecule has 1 N–H and O–H groups in total. The van der Waals surface area contributed by atoms with Gasteiger partial charge in [0, 0.05) is 19.0 Å². The maximum atomic E-state index is 12.4. The lowest BCUT2D eigenvalue weighted by Gasteiger charge is -2.35. The van der Waals surface area contributed by atoms with E-state index in [1.165, 1.54) is 0 Å². The number of carbonyl (C=O) groups is 1. The van der Waals surface area contributed by atoms with Crippen LogP contribution in [0, 0.1) is 17.8 Å². The van der Waals surface area contributed by atoms with Gasteiger partial charge in [-0.3, -0.25) is 4.79 Å². The van der Waals surface area contributed by atoms with Crippen LogP contribution in [-0.2, 0) is 4.79 Å². The fourth-order valence-corrected chi connectivity index (χ4v) is 2.70. The summed E-state index contributed by atoms with van der Waals surface area (Å²) in [6.07, 6.45) is 2.07. The summed E-state index contributed by atoms with van der Waals surface area (Å²) in [5.74, 6) is 1.67. The first-order valence-electron chi connectivity index (χ1n) is 6.90. The largest absolute Gasteiger partial charge is 0.343 e. The van der Waals surface area contributed by atoms with Crippen molar-refractivity contribution in [3.63, 3.8) is 0 Å². The average Bonchev–Trinajstić information content (AvgIpc) is 2.27. The Hall–Kier alpha value is -0.570. The molecule has 1 aliphatic heterocycles. The van der Waals surface area contributed by atoms with Crippen LogP contribution in [0.4, 0.5) is 0 Å². The maximum Gasteiger partial charge on any atom is 0.226 e. The van der Waals surface area contributed by atoms with E-state index in [4.69, 9.17) is 0 Å². The lowest BCUT2D eigenvalue weighted by atomic mass is 9.86. The van der Waals surface area contributed by atoms with E-state index in [-0.39, 0.29) is 5.92 Å². The lowest BCUT2D eigenvalue weighted by Crippen LogP contribution is -2.46. The number of carbonyl (C=O) groups excluding carboxylic acids is 1. The number of nitrogens with one attached hydrogen (secondary N) is 1. The molecule has 0 saturated carbocycles. The Balaban J connectivity index is 2.55. The SMILES string of the molecule is CC(C)CC(C)N(C)C(=O)C1CCNCC1C. The highest BCUT2D eigenvalue weighted by Gasteiger charge is 2.31. The highest BCUT2D eigenvalue weighted by atomic mass is 16.2. The summed E-state index contributed by atoms with van der Waals surface area (Å²) >= 11 is 0. The zero-order valence-corrected chi connectivity index (χ0v) is 12.0. The minimum Gasteiger partial charge on any atom is -0.343 e. The van der Waals surface area contributed by atoms with Crippen LogP contribution in [-0.4, -0.2) is 37.0 Å². The molecule has 0 aromatic carbocycles. The van der Waals surface area contributed by atoms with E-state index < -0.39 is 0 Å². The Kier molecular flexibility index (Phi) is 5.44. The molecule has 3 unspecified atom stereocenters. The fraction of sp³-hybridized carbons (Fsp3) is 0.929. The van der Waals surface area contributed by atoms with Crippen molar-refractivity contribution in [2.24, 2.45) is 17.8 Å². The molecule has 0 spiro atoms. The number of piperidine rings is 1. The zero-order valence-electron chi connectivity index (χ0n) is 12.0. The van der Waals surface area contributed by atoms with Gasteiger partial charge in [0.2, 0.25) is 5.91 Å². The van der Waals surface area contributed by atoms with Crippen molar-refractivity contribution in [3.8, 4) is 0 Å². The number of hydrogen-bond acceptors (Lipinski definition) is 2. The Labute approximate surface area is 106 Å². The van der Waals surface area contributed by atoms with E-state index in [1.54, 1.807) is 0 Å². The molecule has 0 aromatic rings. The number of hydrogen-bond donors (Lipinski definition) is 1. The molecule has 3 heteroatoms. The van der Waals surface area contributed by atoms with Crippen LogP contribution in [0.25, 0.3) is 0 Å². The minimum atomic E-state index is 0.218. The minimum absolute atomic E-state index is 0.218. The molecule has 1 fully saturated rings. The van der Waals surface area contributed by atoms with Crippen molar-refractivity contribution < 1.29 is 4.79 Å². The second-order valence-corrected chi connectivity index (χ2v) is 6.00. The molecule has 3 nitrogen and oxygen atoms in total. The maximum absolute atomic E-state index is 12.4. The quantitative estimate of drug-likeness (QED) is 0.816. The van der Waals surface area contributed by atoms with Crippen LogP contribution >= 0.6 is 0 Å². The van der Waals surface area contributed by atoms with Crippen molar-refractivity contribution >= 4 is 5.91 Å². The van der Waals surface area contributed by atoms with Crippen molar-refractivity contribution in [3.05, 3.63) is 0 Å². The van der Waals surface area contributed by atoms with Gasteiger partial charge in [0.1, 0.15) is 0 Å². The van der Waals surface area contributed by atoms with E-state index in [0.717, 1.165) is 25.9 Å². The van der Waals surface area contributed by atoms with Gasteiger partial charge in [-0.15, -0.1) is 0 Å². The summed E-state index contributed by atoms with van der Waals surface area (Å²) in [6, 6.07) is 0.351. The summed E-state index contributed by atoms with van der Waals surface area (Å²) in [6.45, 7) is 10.7. The molecule has 0 bridgehead atoms. The fourth-order valence-electron chi connectivity index (χ4n) is 2.70. The lowest BCUT2D eigenvalue weighted by molar-refractivity contribution is -0.138. The third-order valence-electron chi connectivity index (χ3n) is 3.92. The smallest absolute Gasteiger partial charge is 0.226 e. The molecule has 17 heavy (non-hydrogen) atoms. The molecule has 0 radical (unpaired) electrons. The van der Waals surface area contributed by atoms with Gasteiger partial charge in [-0.2, -0.15) is 0 Å². The van der Waals surface area contributed by atoms with Gasteiger partial charge >= 0.3 is 0 Å². The van der Waals surface area contributed by atoms with Crippen LogP contribution in [0.3, 0.4) is 0 Å². The highest BCUT2D eigenvalue weighted by molar-refractivity contribution is 5.79. The van der Waals surface area contributed by atoms with E-state index >= 15 is 0 Å². The first-order chi connectivity index (χ1) is 7.93. The summed E-state index contributed by atoms with van der Waals surface area (Å²) in [5.41, 5.74) is 0. The van der Waals surface area contributed by atoms with Crippen molar-refractivity contribution in [2.75, 3.05) is 20.1 Å². The van der Waals surface area contributed by atoms with Crippen molar-refractivity contribution in [1.82, 2.24) is 10.2 Å². The average molecular weight is 240 g/mol. The number of nitrogens with zero attached hydrogens (tertiary/aromatic N) is 1. The van der Waals surface area contributed by atoms with Gasteiger partial charge in [0.25, 0.3) is 0 Å². The van der Waals surface area contributed by atoms with Crippen LogP contribution in [0.2, 0.25) is 0 Å². The summed E-state index contributed by atoms with van der Waals surface area (Å²) in [4.78, 5) is 14.4. The molecule has 3 atom stereocenters. The van der Waals surface area contributed by atoms with E-state index in [1.807, 2.05) is 11.9 Å². The molecular weight excluding hydrogens is 212 g/mol. The predicted octanol–water partition coefficient (Wildman–Crippen LogP) is 2.12. The second kappa shape index (κ2) is 6.39. The van der Waals surface area contributed by atoms with Crippen LogP contribution in [0.5, 0.6) is 0 Å². The normalized spacial score (nSPS) is 26.9. The molecule has 0 aromatic heterocycles. The number of rotatable bonds is 4. The summed E-state index contributed by atoms with van der Waals surface area (Å²) < 4.78 is 0. The standard InChI is InChI=1S/C14H28N2O/c1-10(2)8-12(4)16(5)14(17)13-6-7-15-9-11(13)3/h10-13,15H,6-9H2,1-5H3. The molecule has 100 valence electrons. The predicted molar refractivity (Wildman–Crippen MR) is 71.8 cm³/mol.